The minimum Gasteiger partial charge on any atom is -0.491 e. The molecule has 0 bridgehead atoms. The molecule has 7 heteroatoms. The summed E-state index contributed by atoms with van der Waals surface area (Å²) in [6.45, 7) is 4.31. The summed E-state index contributed by atoms with van der Waals surface area (Å²) in [7, 11) is 3.32. The van der Waals surface area contributed by atoms with Gasteiger partial charge in [0.05, 0.1) is 12.2 Å². The molecule has 0 saturated carbocycles. The van der Waals surface area contributed by atoms with Crippen molar-refractivity contribution in [3.63, 3.8) is 0 Å². The number of carbonyl (C=O) groups excluding carboxylic acids is 1. The molecule has 1 N–H and O–H groups in total. The van der Waals surface area contributed by atoms with E-state index in [0.717, 1.165) is 43.4 Å². The summed E-state index contributed by atoms with van der Waals surface area (Å²) < 4.78 is 27.5. The van der Waals surface area contributed by atoms with Gasteiger partial charge in [-0.2, -0.15) is 0 Å². The Bertz CT molecular complexity index is 1160. The van der Waals surface area contributed by atoms with E-state index in [1.165, 1.54) is 11.8 Å². The Balaban J connectivity index is 1.53. The summed E-state index contributed by atoms with van der Waals surface area (Å²) in [6, 6.07) is 20.5. The van der Waals surface area contributed by atoms with Gasteiger partial charge >= 0.3 is 5.97 Å². The molecule has 0 radical (unpaired) electrons. The number of unbranched alkanes of at least 4 members (excludes halogenated alkanes) is 1. The molecule has 0 spiro atoms. The van der Waals surface area contributed by atoms with Crippen molar-refractivity contribution in [3.05, 3.63) is 83.4 Å². The summed E-state index contributed by atoms with van der Waals surface area (Å²) in [5, 5.41) is 7.86. The fourth-order valence-corrected chi connectivity index (χ4v) is 4.02. The SMILES string of the molecule is CCCc1ccc(-c2ccc(OC(=O)c3ccc(OCC(COCCCCOC)OC)cc3)cc2C=N)cc1. The summed E-state index contributed by atoms with van der Waals surface area (Å²) in [5.74, 6) is 0.523. The number of hydrogen-bond donors (Lipinski definition) is 1. The number of carbonyl (C=O) groups is 1. The molecule has 3 aromatic rings. The van der Waals surface area contributed by atoms with Crippen molar-refractivity contribution >= 4 is 12.2 Å². The minimum absolute atomic E-state index is 0.197. The molecule has 39 heavy (non-hydrogen) atoms. The van der Waals surface area contributed by atoms with Crippen LogP contribution in [0.5, 0.6) is 11.5 Å². The van der Waals surface area contributed by atoms with E-state index in [4.69, 9.17) is 29.1 Å². The Morgan fingerprint density at radius 2 is 1.62 bits per heavy atom. The lowest BCUT2D eigenvalue weighted by Gasteiger charge is -2.16. The van der Waals surface area contributed by atoms with E-state index in [1.54, 1.807) is 50.6 Å². The van der Waals surface area contributed by atoms with E-state index >= 15 is 0 Å². The van der Waals surface area contributed by atoms with Crippen LogP contribution in [-0.4, -0.2) is 58.9 Å². The van der Waals surface area contributed by atoms with Crippen LogP contribution < -0.4 is 9.47 Å². The molecular formula is C32H39NO6. The number of methoxy groups -OCH3 is 2. The van der Waals surface area contributed by atoms with Gasteiger partial charge in [-0.15, -0.1) is 0 Å². The first-order chi connectivity index (χ1) is 19.1. The fraction of sp³-hybridized carbons (Fsp3) is 0.375. The van der Waals surface area contributed by atoms with Crippen LogP contribution in [-0.2, 0) is 20.6 Å². The summed E-state index contributed by atoms with van der Waals surface area (Å²) in [4.78, 5) is 12.7. The van der Waals surface area contributed by atoms with Crippen LogP contribution in [0.4, 0.5) is 0 Å². The zero-order chi connectivity index (χ0) is 27.9. The van der Waals surface area contributed by atoms with E-state index in [2.05, 4.69) is 31.2 Å². The van der Waals surface area contributed by atoms with Gasteiger partial charge in [-0.05, 0) is 72.4 Å². The Labute approximate surface area is 231 Å². The number of hydrogen-bond acceptors (Lipinski definition) is 7. The predicted molar refractivity (Wildman–Crippen MR) is 153 cm³/mol. The number of benzene rings is 3. The second-order valence-electron chi connectivity index (χ2n) is 9.20. The molecule has 1 atom stereocenters. The maximum Gasteiger partial charge on any atom is 0.343 e. The van der Waals surface area contributed by atoms with Crippen LogP contribution in [0, 0.1) is 5.41 Å². The highest BCUT2D eigenvalue weighted by Crippen LogP contribution is 2.27. The van der Waals surface area contributed by atoms with Gasteiger partial charge < -0.3 is 29.1 Å². The van der Waals surface area contributed by atoms with Crippen LogP contribution in [0.25, 0.3) is 11.1 Å². The van der Waals surface area contributed by atoms with Crippen LogP contribution in [0.1, 0.15) is 47.7 Å². The number of ether oxygens (including phenoxy) is 5. The van der Waals surface area contributed by atoms with Gasteiger partial charge in [0, 0.05) is 39.2 Å². The molecule has 3 rings (SSSR count). The van der Waals surface area contributed by atoms with Crippen molar-refractivity contribution in [2.24, 2.45) is 0 Å². The summed E-state index contributed by atoms with van der Waals surface area (Å²) in [5.41, 5.74) is 4.30. The first-order valence-corrected chi connectivity index (χ1v) is 13.4. The molecule has 0 aliphatic heterocycles. The smallest absolute Gasteiger partial charge is 0.343 e. The minimum atomic E-state index is -0.481. The number of esters is 1. The van der Waals surface area contributed by atoms with Crippen LogP contribution in [0.3, 0.4) is 0 Å². The summed E-state index contributed by atoms with van der Waals surface area (Å²) >= 11 is 0. The van der Waals surface area contributed by atoms with Gasteiger partial charge in [0.2, 0.25) is 0 Å². The zero-order valence-corrected chi connectivity index (χ0v) is 23.1. The molecule has 0 aromatic heterocycles. The highest BCUT2D eigenvalue weighted by molar-refractivity contribution is 5.93. The highest BCUT2D eigenvalue weighted by atomic mass is 16.6. The standard InChI is InChI=1S/C32H39NO6/c1-4-7-24-8-10-25(11-9-24)31-17-16-29(20-27(31)21-33)39-32(34)26-12-14-28(15-13-26)38-23-30(36-3)22-37-19-6-5-18-35-2/h8-17,20-21,30,33H,4-7,18-19,22-23H2,1-3H3. The molecular weight excluding hydrogens is 494 g/mol. The first-order valence-electron chi connectivity index (χ1n) is 13.4. The Morgan fingerprint density at radius 3 is 2.28 bits per heavy atom. The quantitative estimate of drug-likeness (QED) is 0.0940. The zero-order valence-electron chi connectivity index (χ0n) is 23.1. The van der Waals surface area contributed by atoms with Gasteiger partial charge in [-0.25, -0.2) is 4.79 Å². The van der Waals surface area contributed by atoms with Crippen LogP contribution in [0.2, 0.25) is 0 Å². The third-order valence-electron chi connectivity index (χ3n) is 6.24. The normalized spacial score (nSPS) is 11.7. The maximum absolute atomic E-state index is 12.7. The Kier molecular flexibility index (Phi) is 12.7. The van der Waals surface area contributed by atoms with E-state index in [0.29, 0.717) is 42.4 Å². The lowest BCUT2D eigenvalue weighted by molar-refractivity contribution is -0.0158. The molecule has 0 amide bonds. The molecule has 7 nitrogen and oxygen atoms in total. The molecule has 1 unspecified atom stereocenters. The average Bonchev–Trinajstić information content (AvgIpc) is 2.97. The van der Waals surface area contributed by atoms with Gasteiger partial charge in [-0.1, -0.05) is 43.7 Å². The summed E-state index contributed by atoms with van der Waals surface area (Å²) in [6.07, 6.45) is 5.11. The lowest BCUT2D eigenvalue weighted by atomic mass is 9.98. The third kappa shape index (κ3) is 9.62. The van der Waals surface area contributed by atoms with E-state index < -0.39 is 5.97 Å². The molecule has 208 valence electrons. The maximum atomic E-state index is 12.7. The van der Waals surface area contributed by atoms with E-state index in [-0.39, 0.29) is 6.10 Å². The fourth-order valence-electron chi connectivity index (χ4n) is 4.02. The van der Waals surface area contributed by atoms with Gasteiger partial charge in [0.25, 0.3) is 0 Å². The van der Waals surface area contributed by atoms with Crippen molar-refractivity contribution in [1.82, 2.24) is 0 Å². The lowest BCUT2D eigenvalue weighted by Crippen LogP contribution is -2.26. The topological polar surface area (TPSA) is 87.1 Å². The van der Waals surface area contributed by atoms with Crippen LogP contribution in [0.15, 0.2) is 66.7 Å². The van der Waals surface area contributed by atoms with Crippen molar-refractivity contribution in [2.75, 3.05) is 40.6 Å². The van der Waals surface area contributed by atoms with Crippen molar-refractivity contribution in [1.29, 1.82) is 5.41 Å². The molecule has 0 heterocycles. The number of rotatable bonds is 17. The highest BCUT2D eigenvalue weighted by Gasteiger charge is 2.13. The molecule has 3 aromatic carbocycles. The number of nitrogens with one attached hydrogen (secondary N) is 1. The molecule has 0 fully saturated rings. The molecule has 0 aliphatic rings. The second-order valence-corrected chi connectivity index (χ2v) is 9.20. The van der Waals surface area contributed by atoms with Crippen molar-refractivity contribution in [2.45, 2.75) is 38.7 Å². The number of aryl methyl sites for hydroxylation is 1. The third-order valence-corrected chi connectivity index (χ3v) is 6.24. The predicted octanol–water partition coefficient (Wildman–Crippen LogP) is 6.36. The average molecular weight is 534 g/mol. The van der Waals surface area contributed by atoms with Crippen molar-refractivity contribution in [3.8, 4) is 22.6 Å². The Morgan fingerprint density at radius 1 is 0.897 bits per heavy atom. The Hall–Kier alpha value is -3.52. The largest absolute Gasteiger partial charge is 0.491 e. The van der Waals surface area contributed by atoms with E-state index in [1.807, 2.05) is 6.07 Å². The van der Waals surface area contributed by atoms with E-state index in [9.17, 15) is 4.79 Å². The molecule has 0 aliphatic carbocycles. The molecule has 0 saturated heterocycles. The van der Waals surface area contributed by atoms with Crippen molar-refractivity contribution < 1.29 is 28.5 Å². The van der Waals surface area contributed by atoms with Gasteiger partial charge in [0.15, 0.2) is 0 Å². The van der Waals surface area contributed by atoms with Gasteiger partial charge in [0.1, 0.15) is 24.2 Å². The first kappa shape index (κ1) is 30.0. The van der Waals surface area contributed by atoms with Crippen LogP contribution >= 0.6 is 0 Å². The van der Waals surface area contributed by atoms with Gasteiger partial charge in [-0.3, -0.25) is 0 Å². The second kappa shape index (κ2) is 16.4. The monoisotopic (exact) mass is 533 g/mol.